The van der Waals surface area contributed by atoms with E-state index in [2.05, 4.69) is 48.5 Å². The van der Waals surface area contributed by atoms with E-state index >= 15 is 0 Å². The third-order valence-corrected chi connectivity index (χ3v) is 16.1. The molecule has 0 aliphatic carbocycles. The summed E-state index contributed by atoms with van der Waals surface area (Å²) in [6.45, 7) is 17.5. The van der Waals surface area contributed by atoms with Crippen molar-refractivity contribution in [1.82, 2.24) is 10.6 Å². The zero-order chi connectivity index (χ0) is 60.1. The van der Waals surface area contributed by atoms with Crippen LogP contribution in [0.15, 0.2) is 64.7 Å². The summed E-state index contributed by atoms with van der Waals surface area (Å²) in [6, 6.07) is 0. The fraction of sp³-hybridized carbons (Fsp3) is 0.790. The standard InChI is InChI=1S/C62H109N3O15/c1-39(2)22-17-18-28-57(74)78-49-33-47(66)32-48(67)34-52(69)40(3)24-20-26-44(7)58(43(6)23-16-14-12-13-15-19-31-65-61(63-10)64-11)79-60(76)45(8)27-21-25-41(4)53(70)37-54(71)46(9)51(68)30-29-42(5)56(73)38-62(77)59(75)55(72)36-50(35-49)80-62/h12-13,20-21,24-27,39,41-44,46-56,58-59,66-73,75,77H,14-19,22-23,28-38H2,1-11H3,(H2,63,64,65). The van der Waals surface area contributed by atoms with Crippen molar-refractivity contribution in [2.75, 3.05) is 20.6 Å². The molecule has 1 saturated heterocycles. The number of hydrogen-bond acceptors (Lipinski definition) is 16. The Morgan fingerprint density at radius 2 is 1.41 bits per heavy atom. The first-order valence-corrected chi connectivity index (χ1v) is 29.9. The van der Waals surface area contributed by atoms with Crippen LogP contribution in [0.3, 0.4) is 0 Å². The summed E-state index contributed by atoms with van der Waals surface area (Å²) in [5.74, 6) is -4.18. The fourth-order valence-electron chi connectivity index (χ4n) is 10.3. The summed E-state index contributed by atoms with van der Waals surface area (Å²) in [6.07, 6.45) is 7.07. The molecule has 2 aliphatic heterocycles. The van der Waals surface area contributed by atoms with Gasteiger partial charge in [0.25, 0.3) is 0 Å². The van der Waals surface area contributed by atoms with Crippen molar-refractivity contribution in [1.29, 1.82) is 0 Å². The molecule has 2 bridgehead atoms. The van der Waals surface area contributed by atoms with Crippen molar-refractivity contribution in [3.8, 4) is 0 Å². The zero-order valence-electron chi connectivity index (χ0n) is 50.4. The molecule has 0 saturated carbocycles. The highest BCUT2D eigenvalue weighted by Gasteiger charge is 2.50. The Balaban J connectivity index is 2.44. The first-order valence-electron chi connectivity index (χ1n) is 29.9. The van der Waals surface area contributed by atoms with Crippen LogP contribution in [0.1, 0.15) is 178 Å². The van der Waals surface area contributed by atoms with Gasteiger partial charge in [-0.1, -0.05) is 110 Å². The zero-order valence-corrected chi connectivity index (χ0v) is 50.4. The van der Waals surface area contributed by atoms with Crippen LogP contribution >= 0.6 is 0 Å². The largest absolute Gasteiger partial charge is 0.462 e. The second kappa shape index (κ2) is 38.3. The van der Waals surface area contributed by atoms with Crippen LogP contribution in [0, 0.1) is 35.5 Å². The summed E-state index contributed by atoms with van der Waals surface area (Å²) in [5.41, 5.74) is 0.890. The highest BCUT2D eigenvalue weighted by atomic mass is 16.7. The Labute approximate surface area is 479 Å². The number of guanidine groups is 1. The molecule has 0 aromatic rings. The molecule has 1 fully saturated rings. The normalized spacial score (nSPS) is 34.7. The smallest absolute Gasteiger partial charge is 0.334 e. The Hall–Kier alpha value is -3.53. The van der Waals surface area contributed by atoms with Gasteiger partial charge in [0.2, 0.25) is 0 Å². The number of unbranched alkanes of at least 4 members (excludes halogenated alkanes) is 3. The molecule has 0 aromatic carbocycles. The van der Waals surface area contributed by atoms with Crippen molar-refractivity contribution < 1.29 is 74.9 Å². The highest BCUT2D eigenvalue weighted by Crippen LogP contribution is 2.36. The number of aliphatic imine (C=N–C) groups is 1. The van der Waals surface area contributed by atoms with Crippen LogP contribution in [-0.4, -0.2) is 169 Å². The maximum Gasteiger partial charge on any atom is 0.334 e. The number of allylic oxidation sites excluding steroid dienone is 6. The van der Waals surface area contributed by atoms with Crippen LogP contribution in [0.25, 0.3) is 0 Å². The van der Waals surface area contributed by atoms with Gasteiger partial charge in [0, 0.05) is 88.9 Å². The number of carbonyl (C=O) groups excluding carboxylic acids is 2. The number of hydrogen-bond donors (Lipinski definition) is 12. The summed E-state index contributed by atoms with van der Waals surface area (Å²) < 4.78 is 18.2. The monoisotopic (exact) mass is 1140 g/mol. The van der Waals surface area contributed by atoms with Crippen molar-refractivity contribution in [3.05, 3.63) is 59.8 Å². The van der Waals surface area contributed by atoms with Crippen molar-refractivity contribution >= 4 is 17.9 Å². The predicted octanol–water partition coefficient (Wildman–Crippen LogP) is 6.37. The summed E-state index contributed by atoms with van der Waals surface area (Å²) in [5, 5.41) is 119. The van der Waals surface area contributed by atoms with E-state index in [-0.39, 0.29) is 69.6 Å². The molecule has 80 heavy (non-hydrogen) atoms. The molecule has 18 heteroatoms. The second-order valence-electron chi connectivity index (χ2n) is 23.9. The highest BCUT2D eigenvalue weighted by molar-refractivity contribution is 5.88. The maximum absolute atomic E-state index is 13.7. The number of esters is 2. The average Bonchev–Trinajstić information content (AvgIpc) is 3.39. The van der Waals surface area contributed by atoms with Crippen LogP contribution in [0.4, 0.5) is 0 Å². The molecule has 12 N–H and O–H groups in total. The number of nitrogens with zero attached hydrogens (tertiary/aromatic N) is 1. The van der Waals surface area contributed by atoms with Gasteiger partial charge in [0.15, 0.2) is 11.7 Å². The van der Waals surface area contributed by atoms with Gasteiger partial charge in [-0.15, -0.1) is 0 Å². The van der Waals surface area contributed by atoms with Crippen LogP contribution in [0.5, 0.6) is 0 Å². The number of fused-ring (bicyclic) bond motifs is 2. The molecule has 18 nitrogen and oxygen atoms in total. The molecule has 18 unspecified atom stereocenters. The molecular formula is C62H109N3O15. The first-order chi connectivity index (χ1) is 37.7. The first kappa shape index (κ1) is 72.6. The van der Waals surface area contributed by atoms with E-state index < -0.39 is 115 Å². The lowest BCUT2D eigenvalue weighted by atomic mass is 9.84. The molecule has 0 spiro atoms. The van der Waals surface area contributed by atoms with Gasteiger partial charge in [0.1, 0.15) is 18.3 Å². The minimum atomic E-state index is -2.43. The fourth-order valence-corrected chi connectivity index (χ4v) is 10.3. The van der Waals surface area contributed by atoms with E-state index in [0.29, 0.717) is 23.5 Å². The molecule has 2 aliphatic rings. The molecule has 0 aromatic heterocycles. The van der Waals surface area contributed by atoms with Crippen molar-refractivity contribution in [3.63, 3.8) is 0 Å². The Bertz CT molecular complexity index is 1940. The van der Waals surface area contributed by atoms with E-state index in [4.69, 9.17) is 14.2 Å². The summed E-state index contributed by atoms with van der Waals surface area (Å²) in [7, 11) is 3.55. The van der Waals surface area contributed by atoms with E-state index in [1.807, 2.05) is 20.0 Å². The van der Waals surface area contributed by atoms with E-state index in [9.17, 15) is 60.7 Å². The van der Waals surface area contributed by atoms with Gasteiger partial charge in [-0.3, -0.25) is 9.79 Å². The molecule has 462 valence electrons. The lowest BCUT2D eigenvalue weighted by Crippen LogP contribution is -2.60. The van der Waals surface area contributed by atoms with Crippen molar-refractivity contribution in [2.45, 2.75) is 257 Å². The molecule has 18 atom stereocenters. The third kappa shape index (κ3) is 27.7. The molecule has 2 heterocycles. The quantitative estimate of drug-likeness (QED) is 0.0279. The Morgan fingerprint density at radius 3 is 2.08 bits per heavy atom. The van der Waals surface area contributed by atoms with Crippen molar-refractivity contribution in [2.24, 2.45) is 40.5 Å². The lowest BCUT2D eigenvalue weighted by Gasteiger charge is -2.45. The molecule has 0 radical (unpaired) electrons. The maximum atomic E-state index is 13.7. The predicted molar refractivity (Wildman–Crippen MR) is 313 cm³/mol. The number of ether oxygens (including phenoxy) is 3. The second-order valence-corrected chi connectivity index (χ2v) is 23.9. The number of carbonyl (C=O) groups is 2. The minimum absolute atomic E-state index is 0.0323. The third-order valence-electron chi connectivity index (χ3n) is 16.1. The van der Waals surface area contributed by atoms with Gasteiger partial charge in [-0.25, -0.2) is 4.79 Å². The van der Waals surface area contributed by atoms with Gasteiger partial charge >= 0.3 is 11.9 Å². The average molecular weight is 1140 g/mol. The Kier molecular flexibility index (Phi) is 34.8. The SMILES string of the molecule is CN=C(NC)NCCCC=CCCCC(C)C1OC(=O)C(C)=CC=CC(C)C(O)CC(O)C(C)C(O)CCC(C)C(O)CC2(O)OC(CC(OC(=O)CCCCC(C)C)CC(O)CC(O)CC(O)C(C)=CC=CC1C)CC(O)C2O. The summed E-state index contributed by atoms with van der Waals surface area (Å²) >= 11 is 0. The number of rotatable bonds is 15. The van der Waals surface area contributed by atoms with Gasteiger partial charge in [-0.05, 0) is 95.0 Å². The van der Waals surface area contributed by atoms with Gasteiger partial charge in [0.05, 0.1) is 54.9 Å². The minimum Gasteiger partial charge on any atom is -0.462 e. The summed E-state index contributed by atoms with van der Waals surface area (Å²) in [4.78, 5) is 31.0. The number of cyclic esters (lactones) is 1. The van der Waals surface area contributed by atoms with E-state index in [1.165, 1.54) is 0 Å². The van der Waals surface area contributed by atoms with Gasteiger partial charge < -0.3 is 75.9 Å². The molecule has 2 rings (SSSR count). The lowest BCUT2D eigenvalue weighted by molar-refractivity contribution is -0.333. The van der Waals surface area contributed by atoms with E-state index in [1.54, 1.807) is 72.0 Å². The van der Waals surface area contributed by atoms with Crippen LogP contribution in [-0.2, 0) is 23.8 Å². The van der Waals surface area contributed by atoms with E-state index in [0.717, 1.165) is 57.5 Å². The Morgan fingerprint density at radius 1 is 0.762 bits per heavy atom. The number of aliphatic hydroxyl groups is 10. The number of aliphatic hydroxyl groups excluding tert-OH is 9. The van der Waals surface area contributed by atoms with Crippen LogP contribution in [0.2, 0.25) is 0 Å². The molecular weight excluding hydrogens is 1030 g/mol. The molecule has 0 amide bonds. The van der Waals surface area contributed by atoms with Crippen LogP contribution < -0.4 is 10.6 Å². The van der Waals surface area contributed by atoms with Gasteiger partial charge in [-0.2, -0.15) is 0 Å². The number of nitrogens with one attached hydrogen (secondary N) is 2. The topological polar surface area (TPSA) is 301 Å².